The quantitative estimate of drug-likeness (QED) is 0.582. The average Bonchev–Trinajstić information content (AvgIpc) is 2.52. The summed E-state index contributed by atoms with van der Waals surface area (Å²) >= 11 is 12.1. The molecule has 0 amide bonds. The van der Waals surface area contributed by atoms with Gasteiger partial charge in [-0.25, -0.2) is 0 Å². The number of thiophene rings is 1. The third-order valence-corrected chi connectivity index (χ3v) is 4.33. The smallest absolute Gasteiger partial charge is 0.0612 e. The molecular weight excluding hydrogens is 232 g/mol. The first-order valence-corrected chi connectivity index (χ1v) is 6.36. The lowest BCUT2D eigenvalue weighted by Crippen LogP contribution is -1.80. The maximum Gasteiger partial charge on any atom is 0.0612 e. The van der Waals surface area contributed by atoms with E-state index in [-0.39, 0.29) is 0 Å². The van der Waals surface area contributed by atoms with Crippen molar-refractivity contribution in [3.05, 3.63) is 29.3 Å². The van der Waals surface area contributed by atoms with Crippen molar-refractivity contribution < 1.29 is 0 Å². The number of hydrogen-bond donors (Lipinski definition) is 1. The van der Waals surface area contributed by atoms with Gasteiger partial charge >= 0.3 is 0 Å². The van der Waals surface area contributed by atoms with Crippen LogP contribution in [-0.4, -0.2) is 0 Å². The van der Waals surface area contributed by atoms with Crippen molar-refractivity contribution in [2.24, 2.45) is 0 Å². The van der Waals surface area contributed by atoms with Gasteiger partial charge in [0.2, 0.25) is 0 Å². The lowest BCUT2D eigenvalue weighted by Gasteiger charge is -1.98. The highest BCUT2D eigenvalue weighted by atomic mass is 35.5. The summed E-state index contributed by atoms with van der Waals surface area (Å²) in [6, 6.07) is 6.30. The molecule has 1 aromatic heterocycles. The molecule has 0 aliphatic heterocycles. The van der Waals surface area contributed by atoms with Gasteiger partial charge in [0.1, 0.15) is 0 Å². The van der Waals surface area contributed by atoms with Gasteiger partial charge in [-0.15, -0.1) is 35.6 Å². The highest BCUT2D eigenvalue weighted by Crippen LogP contribution is 2.36. The van der Waals surface area contributed by atoms with Crippen LogP contribution in [0.5, 0.6) is 0 Å². The molecular formula is C11H11ClS2. The Morgan fingerprint density at radius 3 is 2.86 bits per heavy atom. The molecule has 14 heavy (non-hydrogen) atoms. The maximum absolute atomic E-state index is 5.89. The van der Waals surface area contributed by atoms with Gasteiger partial charge in [-0.1, -0.05) is 25.1 Å². The van der Waals surface area contributed by atoms with Gasteiger partial charge in [-0.3, -0.25) is 0 Å². The van der Waals surface area contributed by atoms with Crippen LogP contribution >= 0.6 is 35.6 Å². The van der Waals surface area contributed by atoms with E-state index in [4.69, 9.17) is 11.6 Å². The second kappa shape index (κ2) is 4.13. The molecule has 0 fully saturated rings. The van der Waals surface area contributed by atoms with Crippen LogP contribution in [0.15, 0.2) is 22.4 Å². The molecule has 1 aromatic carbocycles. The summed E-state index contributed by atoms with van der Waals surface area (Å²) < 4.78 is 2.42. The van der Waals surface area contributed by atoms with Crippen LogP contribution in [-0.2, 0) is 12.3 Å². The highest BCUT2D eigenvalue weighted by Gasteiger charge is 2.09. The van der Waals surface area contributed by atoms with Gasteiger partial charge in [0.05, 0.1) is 4.21 Å². The summed E-state index contributed by atoms with van der Waals surface area (Å²) in [4.78, 5) is 0. The first-order chi connectivity index (χ1) is 6.77. The highest BCUT2D eigenvalue weighted by molar-refractivity contribution is 7.83. The maximum atomic E-state index is 5.89. The fourth-order valence-corrected chi connectivity index (χ4v) is 3.66. The van der Waals surface area contributed by atoms with Crippen LogP contribution in [0, 0.1) is 0 Å². The van der Waals surface area contributed by atoms with Crippen LogP contribution in [0.1, 0.15) is 18.1 Å². The number of alkyl halides is 1. The van der Waals surface area contributed by atoms with Crippen LogP contribution in [0.3, 0.4) is 0 Å². The van der Waals surface area contributed by atoms with E-state index >= 15 is 0 Å². The van der Waals surface area contributed by atoms with Gasteiger partial charge in [-0.05, 0) is 22.9 Å². The lowest BCUT2D eigenvalue weighted by atomic mass is 10.1. The van der Waals surface area contributed by atoms with Crippen molar-refractivity contribution >= 4 is 45.7 Å². The summed E-state index contributed by atoms with van der Waals surface area (Å²) in [5.74, 6) is 0.578. The Balaban J connectivity index is 2.79. The molecule has 0 aliphatic rings. The van der Waals surface area contributed by atoms with Crippen molar-refractivity contribution in [2.45, 2.75) is 23.4 Å². The van der Waals surface area contributed by atoms with E-state index in [2.05, 4.69) is 37.8 Å². The van der Waals surface area contributed by atoms with Gasteiger partial charge in [0.25, 0.3) is 0 Å². The normalized spacial score (nSPS) is 11.1. The SMILES string of the molecule is CCc1c(S)sc2c(CCl)cccc12. The molecule has 0 saturated heterocycles. The Labute approximate surface area is 98.3 Å². The molecule has 2 aromatic rings. The third-order valence-electron chi connectivity index (χ3n) is 2.38. The fraction of sp³-hybridized carbons (Fsp3) is 0.273. The van der Waals surface area contributed by atoms with Crippen molar-refractivity contribution in [3.8, 4) is 0 Å². The molecule has 74 valence electrons. The number of thiol groups is 1. The second-order valence-electron chi connectivity index (χ2n) is 3.17. The zero-order valence-corrected chi connectivity index (χ0v) is 10.3. The molecule has 0 nitrogen and oxygen atoms in total. The number of fused-ring (bicyclic) bond motifs is 1. The molecule has 0 radical (unpaired) electrons. The first-order valence-electron chi connectivity index (χ1n) is 4.56. The fourth-order valence-electron chi connectivity index (χ4n) is 1.66. The van der Waals surface area contributed by atoms with E-state index in [9.17, 15) is 0 Å². The molecule has 0 bridgehead atoms. The monoisotopic (exact) mass is 242 g/mol. The zero-order chi connectivity index (χ0) is 10.1. The Morgan fingerprint density at radius 2 is 2.21 bits per heavy atom. The predicted molar refractivity (Wildman–Crippen MR) is 68.0 cm³/mol. The predicted octanol–water partition coefficient (Wildman–Crippen LogP) is 4.49. The largest absolute Gasteiger partial charge is 0.133 e. The van der Waals surface area contributed by atoms with E-state index in [1.165, 1.54) is 21.2 Å². The molecule has 0 spiro atoms. The van der Waals surface area contributed by atoms with E-state index in [1.807, 2.05) is 0 Å². The average molecular weight is 243 g/mol. The number of benzene rings is 1. The van der Waals surface area contributed by atoms with E-state index in [1.54, 1.807) is 11.3 Å². The van der Waals surface area contributed by atoms with Crippen molar-refractivity contribution in [1.82, 2.24) is 0 Å². The number of rotatable bonds is 2. The molecule has 2 rings (SSSR count). The van der Waals surface area contributed by atoms with Gasteiger partial charge in [0, 0.05) is 10.6 Å². The van der Waals surface area contributed by atoms with E-state index in [0.717, 1.165) is 10.6 Å². The standard InChI is InChI=1S/C11H11ClS2/c1-2-8-9-5-3-4-7(6-12)10(9)14-11(8)13/h3-5,13H,2,6H2,1H3. The van der Waals surface area contributed by atoms with E-state index < -0.39 is 0 Å². The summed E-state index contributed by atoms with van der Waals surface area (Å²) in [6.45, 7) is 2.16. The number of halogens is 1. The van der Waals surface area contributed by atoms with E-state index in [0.29, 0.717) is 5.88 Å². The van der Waals surface area contributed by atoms with Crippen molar-refractivity contribution in [1.29, 1.82) is 0 Å². The number of hydrogen-bond acceptors (Lipinski definition) is 2. The molecule has 0 unspecified atom stereocenters. The van der Waals surface area contributed by atoms with Crippen LogP contribution in [0.4, 0.5) is 0 Å². The van der Waals surface area contributed by atoms with Gasteiger partial charge in [-0.2, -0.15) is 0 Å². The van der Waals surface area contributed by atoms with Crippen molar-refractivity contribution in [2.75, 3.05) is 0 Å². The number of aryl methyl sites for hydroxylation is 1. The van der Waals surface area contributed by atoms with Crippen LogP contribution < -0.4 is 0 Å². The summed E-state index contributed by atoms with van der Waals surface area (Å²) in [7, 11) is 0. The lowest BCUT2D eigenvalue weighted by molar-refractivity contribution is 1.13. The Kier molecular flexibility index (Phi) is 3.05. The molecule has 0 aliphatic carbocycles. The van der Waals surface area contributed by atoms with Gasteiger partial charge < -0.3 is 0 Å². The summed E-state index contributed by atoms with van der Waals surface area (Å²) in [6.07, 6.45) is 1.03. The molecule has 0 saturated carbocycles. The molecule has 3 heteroatoms. The summed E-state index contributed by atoms with van der Waals surface area (Å²) in [5, 5.41) is 1.32. The molecule has 1 heterocycles. The zero-order valence-electron chi connectivity index (χ0n) is 7.88. The molecule has 0 atom stereocenters. The Bertz CT molecular complexity index is 460. The van der Waals surface area contributed by atoms with Crippen LogP contribution in [0.25, 0.3) is 10.1 Å². The van der Waals surface area contributed by atoms with Crippen molar-refractivity contribution in [3.63, 3.8) is 0 Å². The minimum Gasteiger partial charge on any atom is -0.133 e. The van der Waals surface area contributed by atoms with Crippen LogP contribution in [0.2, 0.25) is 0 Å². The minimum atomic E-state index is 0.578. The Hall–Kier alpha value is -0.180. The topological polar surface area (TPSA) is 0 Å². The second-order valence-corrected chi connectivity index (χ2v) is 5.20. The first kappa shape index (κ1) is 10.3. The third kappa shape index (κ3) is 1.56. The Morgan fingerprint density at radius 1 is 1.43 bits per heavy atom. The van der Waals surface area contributed by atoms with Gasteiger partial charge in [0.15, 0.2) is 0 Å². The minimum absolute atomic E-state index is 0.578. The molecule has 0 N–H and O–H groups in total. The summed E-state index contributed by atoms with van der Waals surface area (Å²) in [5.41, 5.74) is 2.56.